The Kier molecular flexibility index (Phi) is 6.49. The molecule has 2 aromatic rings. The van der Waals surface area contributed by atoms with E-state index in [9.17, 15) is 14.0 Å². The van der Waals surface area contributed by atoms with E-state index in [0.717, 1.165) is 17.3 Å². The summed E-state index contributed by atoms with van der Waals surface area (Å²) in [6.45, 7) is 1.98. The van der Waals surface area contributed by atoms with E-state index >= 15 is 0 Å². The van der Waals surface area contributed by atoms with Crippen LogP contribution in [-0.2, 0) is 14.3 Å². The summed E-state index contributed by atoms with van der Waals surface area (Å²) in [5.74, 6) is -1.41. The molecular weight excluding hydrogens is 403 g/mol. The standard InChI is InChI=1S/C20H16ClFN2O3S/c1-2-27-18(25)12-28-20-23-17(10-13-6-4-3-5-7-13)19(26)24(20)14-8-9-16(22)15(21)11-14/h3-11H,2,12H2,1H3. The highest BCUT2D eigenvalue weighted by atomic mass is 35.5. The molecule has 28 heavy (non-hydrogen) atoms. The molecule has 3 rings (SSSR count). The van der Waals surface area contributed by atoms with Gasteiger partial charge in [0, 0.05) is 0 Å². The van der Waals surface area contributed by atoms with Crippen LogP contribution in [0.15, 0.2) is 59.2 Å². The molecule has 0 radical (unpaired) electrons. The fourth-order valence-electron chi connectivity index (χ4n) is 2.48. The monoisotopic (exact) mass is 418 g/mol. The Bertz CT molecular complexity index is 963. The van der Waals surface area contributed by atoms with Gasteiger partial charge in [-0.05, 0) is 36.8 Å². The maximum Gasteiger partial charge on any atom is 0.316 e. The Labute approximate surface area is 170 Å². The van der Waals surface area contributed by atoms with Gasteiger partial charge < -0.3 is 4.74 Å². The number of aliphatic imine (C=N–C) groups is 1. The number of anilines is 1. The molecule has 1 aliphatic rings. The summed E-state index contributed by atoms with van der Waals surface area (Å²) in [4.78, 5) is 30.4. The zero-order valence-electron chi connectivity index (χ0n) is 14.9. The van der Waals surface area contributed by atoms with E-state index in [4.69, 9.17) is 16.3 Å². The van der Waals surface area contributed by atoms with Crippen LogP contribution in [0.1, 0.15) is 12.5 Å². The van der Waals surface area contributed by atoms with Crippen LogP contribution in [0.4, 0.5) is 10.1 Å². The second-order valence-electron chi connectivity index (χ2n) is 5.67. The number of amides is 1. The highest BCUT2D eigenvalue weighted by Gasteiger charge is 2.32. The lowest BCUT2D eigenvalue weighted by Gasteiger charge is -2.18. The molecule has 0 N–H and O–H groups in total. The molecule has 0 spiro atoms. The van der Waals surface area contributed by atoms with Crippen molar-refractivity contribution in [1.82, 2.24) is 0 Å². The second-order valence-corrected chi connectivity index (χ2v) is 7.02. The van der Waals surface area contributed by atoms with Crippen molar-refractivity contribution < 1.29 is 18.7 Å². The third-order valence-electron chi connectivity index (χ3n) is 3.72. The number of ether oxygens (including phenoxy) is 1. The Morgan fingerprint density at radius 1 is 1.29 bits per heavy atom. The van der Waals surface area contributed by atoms with Crippen molar-refractivity contribution in [2.75, 3.05) is 17.3 Å². The molecule has 144 valence electrons. The summed E-state index contributed by atoms with van der Waals surface area (Å²) in [7, 11) is 0. The fourth-order valence-corrected chi connectivity index (χ4v) is 3.46. The van der Waals surface area contributed by atoms with Crippen LogP contribution in [0.2, 0.25) is 5.02 Å². The molecule has 0 saturated heterocycles. The average Bonchev–Trinajstić information content (AvgIpc) is 2.99. The van der Waals surface area contributed by atoms with Crippen LogP contribution in [0, 0.1) is 5.82 Å². The lowest BCUT2D eigenvalue weighted by atomic mass is 10.2. The maximum absolute atomic E-state index is 13.5. The predicted molar refractivity (Wildman–Crippen MR) is 110 cm³/mol. The van der Waals surface area contributed by atoms with Gasteiger partial charge in [-0.15, -0.1) is 0 Å². The minimum Gasteiger partial charge on any atom is -0.465 e. The number of hydrogen-bond donors (Lipinski definition) is 0. The largest absolute Gasteiger partial charge is 0.465 e. The molecule has 5 nitrogen and oxygen atoms in total. The topological polar surface area (TPSA) is 59.0 Å². The summed E-state index contributed by atoms with van der Waals surface area (Å²) in [5, 5.41) is 0.184. The highest BCUT2D eigenvalue weighted by Crippen LogP contribution is 2.31. The number of nitrogens with zero attached hydrogens (tertiary/aromatic N) is 2. The van der Waals surface area contributed by atoms with E-state index in [0.29, 0.717) is 10.9 Å². The van der Waals surface area contributed by atoms with Crippen LogP contribution < -0.4 is 4.90 Å². The molecule has 0 aliphatic carbocycles. The van der Waals surface area contributed by atoms with E-state index in [-0.39, 0.29) is 23.1 Å². The Hall–Kier alpha value is -2.64. The van der Waals surface area contributed by atoms with Gasteiger partial charge in [0.15, 0.2) is 5.17 Å². The second kappa shape index (κ2) is 9.03. The number of benzene rings is 2. The van der Waals surface area contributed by atoms with Gasteiger partial charge in [0.05, 0.1) is 23.1 Å². The summed E-state index contributed by atoms with van der Waals surface area (Å²) in [6.07, 6.45) is 1.65. The van der Waals surface area contributed by atoms with Crippen LogP contribution in [0.3, 0.4) is 0 Å². The fraction of sp³-hybridized carbons (Fsp3) is 0.150. The van der Waals surface area contributed by atoms with Crippen LogP contribution >= 0.6 is 23.4 Å². The van der Waals surface area contributed by atoms with Crippen molar-refractivity contribution in [2.45, 2.75) is 6.92 Å². The van der Waals surface area contributed by atoms with Gasteiger partial charge >= 0.3 is 5.97 Å². The molecule has 1 heterocycles. The maximum atomic E-state index is 13.5. The molecule has 0 saturated carbocycles. The molecule has 2 aromatic carbocycles. The molecule has 0 atom stereocenters. The third kappa shape index (κ3) is 4.61. The summed E-state index contributed by atoms with van der Waals surface area (Å²) in [5.41, 5.74) is 1.38. The molecule has 0 bridgehead atoms. The lowest BCUT2D eigenvalue weighted by Crippen LogP contribution is -2.31. The first-order valence-electron chi connectivity index (χ1n) is 8.43. The van der Waals surface area contributed by atoms with Gasteiger partial charge in [0.1, 0.15) is 11.5 Å². The SMILES string of the molecule is CCOC(=O)CSC1=NC(=Cc2ccccc2)C(=O)N1c1ccc(F)c(Cl)c1. The minimum absolute atomic E-state index is 0.00992. The summed E-state index contributed by atoms with van der Waals surface area (Å²) >= 11 is 6.94. The zero-order valence-corrected chi connectivity index (χ0v) is 16.5. The van der Waals surface area contributed by atoms with E-state index in [2.05, 4.69) is 4.99 Å². The van der Waals surface area contributed by atoms with Gasteiger partial charge in [-0.1, -0.05) is 53.7 Å². The molecule has 0 fully saturated rings. The minimum atomic E-state index is -0.588. The first kappa shape index (κ1) is 20.1. The number of amidine groups is 1. The first-order chi connectivity index (χ1) is 13.5. The highest BCUT2D eigenvalue weighted by molar-refractivity contribution is 8.14. The zero-order chi connectivity index (χ0) is 20.1. The Balaban J connectivity index is 1.94. The Morgan fingerprint density at radius 2 is 2.04 bits per heavy atom. The van der Waals surface area contributed by atoms with Crippen molar-refractivity contribution in [3.05, 3.63) is 70.6 Å². The number of carbonyl (C=O) groups is 2. The summed E-state index contributed by atoms with van der Waals surface area (Å²) < 4.78 is 18.5. The predicted octanol–water partition coefficient (Wildman–Crippen LogP) is 4.52. The van der Waals surface area contributed by atoms with Crippen molar-refractivity contribution in [1.29, 1.82) is 0 Å². The third-order valence-corrected chi connectivity index (χ3v) is 4.92. The van der Waals surface area contributed by atoms with Crippen molar-refractivity contribution >= 4 is 52.2 Å². The van der Waals surface area contributed by atoms with Crippen LogP contribution in [0.25, 0.3) is 6.08 Å². The molecule has 1 aliphatic heterocycles. The van der Waals surface area contributed by atoms with Gasteiger partial charge in [0.25, 0.3) is 5.91 Å². The van der Waals surface area contributed by atoms with Crippen molar-refractivity contribution in [3.8, 4) is 0 Å². The first-order valence-corrected chi connectivity index (χ1v) is 9.79. The smallest absolute Gasteiger partial charge is 0.316 e. The van der Waals surface area contributed by atoms with E-state index in [1.807, 2.05) is 30.3 Å². The molecule has 8 heteroatoms. The lowest BCUT2D eigenvalue weighted by molar-refractivity contribution is -0.139. The average molecular weight is 419 g/mol. The van der Waals surface area contributed by atoms with Gasteiger partial charge in [0.2, 0.25) is 0 Å². The van der Waals surface area contributed by atoms with Crippen molar-refractivity contribution in [3.63, 3.8) is 0 Å². The van der Waals surface area contributed by atoms with Crippen LogP contribution in [0.5, 0.6) is 0 Å². The molecule has 1 amide bonds. The number of thioether (sulfide) groups is 1. The molecule has 0 aromatic heterocycles. The number of rotatable bonds is 5. The van der Waals surface area contributed by atoms with Gasteiger partial charge in [-0.2, -0.15) is 0 Å². The van der Waals surface area contributed by atoms with Gasteiger partial charge in [-0.25, -0.2) is 9.38 Å². The number of hydrogen-bond acceptors (Lipinski definition) is 5. The van der Waals surface area contributed by atoms with Gasteiger partial charge in [-0.3, -0.25) is 14.5 Å². The van der Waals surface area contributed by atoms with Crippen molar-refractivity contribution in [2.24, 2.45) is 4.99 Å². The van der Waals surface area contributed by atoms with E-state index < -0.39 is 17.7 Å². The normalized spacial score (nSPS) is 15.1. The Morgan fingerprint density at radius 3 is 2.71 bits per heavy atom. The molecule has 0 unspecified atom stereocenters. The number of carbonyl (C=O) groups excluding carboxylic acids is 2. The molecular formula is C20H16ClFN2O3S. The summed E-state index contributed by atoms with van der Waals surface area (Å²) in [6, 6.07) is 13.2. The van der Waals surface area contributed by atoms with Crippen LogP contribution in [-0.4, -0.2) is 29.4 Å². The van der Waals surface area contributed by atoms with E-state index in [1.165, 1.54) is 23.1 Å². The number of halogens is 2. The number of esters is 1. The van der Waals surface area contributed by atoms with E-state index in [1.54, 1.807) is 13.0 Å². The quantitative estimate of drug-likeness (QED) is 0.529.